The van der Waals surface area contributed by atoms with Crippen LogP contribution in [0.4, 0.5) is 0 Å². The van der Waals surface area contributed by atoms with Crippen molar-refractivity contribution >= 4 is 17.2 Å². The third-order valence-corrected chi connectivity index (χ3v) is 5.77. The number of benzene rings is 1. The molecule has 3 heterocycles. The maximum atomic E-state index is 12.5. The molecule has 0 saturated carbocycles. The highest BCUT2D eigenvalue weighted by atomic mass is 32.1. The van der Waals surface area contributed by atoms with Gasteiger partial charge < -0.3 is 14.2 Å². The van der Waals surface area contributed by atoms with Crippen molar-refractivity contribution in [1.82, 2.24) is 19.9 Å². The van der Waals surface area contributed by atoms with E-state index >= 15 is 0 Å². The molecular weight excluding hydrogens is 388 g/mol. The van der Waals surface area contributed by atoms with Crippen LogP contribution in [0.1, 0.15) is 17.9 Å². The fourth-order valence-electron chi connectivity index (χ4n) is 3.38. The predicted molar refractivity (Wildman–Crippen MR) is 111 cm³/mol. The number of nitrogens with zero attached hydrogens (tertiary/aromatic N) is 4. The molecule has 0 bridgehead atoms. The summed E-state index contributed by atoms with van der Waals surface area (Å²) in [6, 6.07) is 10.1. The molecule has 152 valence electrons. The Morgan fingerprint density at radius 1 is 1.17 bits per heavy atom. The minimum atomic E-state index is 0.143. The Hall–Kier alpha value is -2.71. The summed E-state index contributed by atoms with van der Waals surface area (Å²) in [5, 5.41) is 7.94. The first-order chi connectivity index (χ1) is 14.2. The third kappa shape index (κ3) is 5.02. The van der Waals surface area contributed by atoms with Crippen LogP contribution in [0.15, 0.2) is 45.6 Å². The number of carbonyl (C=O) groups is 1. The molecule has 4 rings (SSSR count). The lowest BCUT2D eigenvalue weighted by Gasteiger charge is -2.34. The van der Waals surface area contributed by atoms with Crippen molar-refractivity contribution < 1.29 is 14.1 Å². The van der Waals surface area contributed by atoms with E-state index in [1.165, 1.54) is 5.56 Å². The number of carbonyl (C=O) groups excluding carboxylic acids is 1. The van der Waals surface area contributed by atoms with E-state index in [1.54, 1.807) is 18.4 Å². The van der Waals surface area contributed by atoms with Crippen molar-refractivity contribution in [2.75, 3.05) is 33.3 Å². The molecule has 3 aromatic rings. The molecular formula is C21H24N4O3S. The number of thiophene rings is 1. The van der Waals surface area contributed by atoms with Crippen LogP contribution in [-0.2, 0) is 17.8 Å². The van der Waals surface area contributed by atoms with Crippen LogP contribution >= 0.6 is 11.3 Å². The first-order valence-electron chi connectivity index (χ1n) is 9.69. The average molecular weight is 413 g/mol. The summed E-state index contributed by atoms with van der Waals surface area (Å²) >= 11 is 1.59. The molecule has 0 unspecified atom stereocenters. The average Bonchev–Trinajstić information content (AvgIpc) is 3.45. The normalized spacial score (nSPS) is 14.9. The first kappa shape index (κ1) is 19.6. The Morgan fingerprint density at radius 3 is 2.66 bits per heavy atom. The molecule has 0 spiro atoms. The highest BCUT2D eigenvalue weighted by molar-refractivity contribution is 7.08. The molecule has 0 aliphatic carbocycles. The van der Waals surface area contributed by atoms with Gasteiger partial charge in [-0.3, -0.25) is 9.69 Å². The standard InChI is InChI=1S/C21H24N4O3S/c1-27-18-4-2-16(3-5-18)14-24-9-11-25(12-10-24)20(26)7-6-19-22-21(23-28-19)17-8-13-29-15-17/h2-5,8,13,15H,6-7,9-12,14H2,1H3. The lowest BCUT2D eigenvalue weighted by atomic mass is 10.2. The molecule has 0 atom stereocenters. The molecule has 29 heavy (non-hydrogen) atoms. The summed E-state index contributed by atoms with van der Waals surface area (Å²) in [7, 11) is 1.67. The number of ether oxygens (including phenoxy) is 1. The maximum Gasteiger partial charge on any atom is 0.227 e. The fraction of sp³-hybridized carbons (Fsp3) is 0.381. The van der Waals surface area contributed by atoms with Crippen LogP contribution < -0.4 is 4.74 Å². The number of aromatic nitrogens is 2. The molecule has 1 aliphatic rings. The fourth-order valence-corrected chi connectivity index (χ4v) is 4.02. The zero-order chi connectivity index (χ0) is 20.1. The Labute approximate surface area is 173 Å². The molecule has 1 aliphatic heterocycles. The number of piperazine rings is 1. The topological polar surface area (TPSA) is 71.7 Å². The van der Waals surface area contributed by atoms with Gasteiger partial charge >= 0.3 is 0 Å². The lowest BCUT2D eigenvalue weighted by molar-refractivity contribution is -0.133. The largest absolute Gasteiger partial charge is 0.497 e. The molecule has 2 aromatic heterocycles. The van der Waals surface area contributed by atoms with Crippen LogP contribution in [0.5, 0.6) is 5.75 Å². The highest BCUT2D eigenvalue weighted by Crippen LogP contribution is 2.19. The van der Waals surface area contributed by atoms with Crippen molar-refractivity contribution in [3.05, 3.63) is 52.5 Å². The summed E-state index contributed by atoms with van der Waals surface area (Å²) in [5.74, 6) is 2.11. The van der Waals surface area contributed by atoms with E-state index in [1.807, 2.05) is 33.9 Å². The monoisotopic (exact) mass is 412 g/mol. The van der Waals surface area contributed by atoms with Crippen molar-refractivity contribution in [1.29, 1.82) is 0 Å². The van der Waals surface area contributed by atoms with Gasteiger partial charge in [0.1, 0.15) is 5.75 Å². The molecule has 1 aromatic carbocycles. The molecule has 0 radical (unpaired) electrons. The van der Waals surface area contributed by atoms with E-state index in [0.717, 1.165) is 44.0 Å². The van der Waals surface area contributed by atoms with E-state index in [0.29, 0.717) is 24.6 Å². The summed E-state index contributed by atoms with van der Waals surface area (Å²) in [6.07, 6.45) is 0.867. The Kier molecular flexibility index (Phi) is 6.21. The SMILES string of the molecule is COc1ccc(CN2CCN(C(=O)CCc3nc(-c4ccsc4)no3)CC2)cc1. The third-order valence-electron chi connectivity index (χ3n) is 5.09. The minimum Gasteiger partial charge on any atom is -0.497 e. The van der Waals surface area contributed by atoms with Crippen molar-refractivity contribution in [3.8, 4) is 17.1 Å². The number of methoxy groups -OCH3 is 1. The van der Waals surface area contributed by atoms with E-state index < -0.39 is 0 Å². The van der Waals surface area contributed by atoms with Gasteiger partial charge in [-0.1, -0.05) is 17.3 Å². The number of hydrogen-bond acceptors (Lipinski definition) is 7. The number of aryl methyl sites for hydroxylation is 1. The van der Waals surface area contributed by atoms with Gasteiger partial charge in [-0.15, -0.1) is 0 Å². The van der Waals surface area contributed by atoms with Crippen LogP contribution in [0.2, 0.25) is 0 Å². The summed E-state index contributed by atoms with van der Waals surface area (Å²) in [6.45, 7) is 4.14. The van der Waals surface area contributed by atoms with Crippen LogP contribution in [0, 0.1) is 0 Å². The van der Waals surface area contributed by atoms with Gasteiger partial charge in [0, 0.05) is 56.5 Å². The molecule has 0 N–H and O–H groups in total. The van der Waals surface area contributed by atoms with Gasteiger partial charge in [-0.05, 0) is 29.1 Å². The van der Waals surface area contributed by atoms with Gasteiger partial charge in [0.05, 0.1) is 7.11 Å². The van der Waals surface area contributed by atoms with Gasteiger partial charge in [-0.25, -0.2) is 0 Å². The minimum absolute atomic E-state index is 0.143. The van der Waals surface area contributed by atoms with Crippen LogP contribution in [0.3, 0.4) is 0 Å². The summed E-state index contributed by atoms with van der Waals surface area (Å²) in [5.41, 5.74) is 2.20. The predicted octanol–water partition coefficient (Wildman–Crippen LogP) is 3.08. The van der Waals surface area contributed by atoms with E-state index in [9.17, 15) is 4.79 Å². The molecule has 7 nitrogen and oxygen atoms in total. The molecule has 1 amide bonds. The zero-order valence-corrected chi connectivity index (χ0v) is 17.2. The first-order valence-corrected chi connectivity index (χ1v) is 10.6. The van der Waals surface area contributed by atoms with Crippen LogP contribution in [-0.4, -0.2) is 59.1 Å². The van der Waals surface area contributed by atoms with Gasteiger partial charge in [0.15, 0.2) is 0 Å². The number of amides is 1. The van der Waals surface area contributed by atoms with Crippen molar-refractivity contribution in [2.45, 2.75) is 19.4 Å². The lowest BCUT2D eigenvalue weighted by Crippen LogP contribution is -2.48. The maximum absolute atomic E-state index is 12.5. The van der Waals surface area contributed by atoms with Gasteiger partial charge in [0.25, 0.3) is 0 Å². The number of rotatable bonds is 7. The van der Waals surface area contributed by atoms with Crippen molar-refractivity contribution in [3.63, 3.8) is 0 Å². The second kappa shape index (κ2) is 9.19. The highest BCUT2D eigenvalue weighted by Gasteiger charge is 2.21. The second-order valence-electron chi connectivity index (χ2n) is 7.03. The van der Waals surface area contributed by atoms with Gasteiger partial charge in [-0.2, -0.15) is 16.3 Å². The van der Waals surface area contributed by atoms with E-state index in [2.05, 4.69) is 27.2 Å². The Morgan fingerprint density at radius 2 is 1.97 bits per heavy atom. The Bertz CT molecular complexity index is 916. The molecule has 1 saturated heterocycles. The summed E-state index contributed by atoms with van der Waals surface area (Å²) in [4.78, 5) is 21.2. The van der Waals surface area contributed by atoms with Crippen molar-refractivity contribution in [2.24, 2.45) is 0 Å². The van der Waals surface area contributed by atoms with Gasteiger partial charge in [0.2, 0.25) is 17.6 Å². The quantitative estimate of drug-likeness (QED) is 0.594. The summed E-state index contributed by atoms with van der Waals surface area (Å²) < 4.78 is 10.5. The Balaban J connectivity index is 1.21. The van der Waals surface area contributed by atoms with E-state index in [-0.39, 0.29) is 5.91 Å². The van der Waals surface area contributed by atoms with E-state index in [4.69, 9.17) is 9.26 Å². The smallest absolute Gasteiger partial charge is 0.227 e. The van der Waals surface area contributed by atoms with Crippen LogP contribution in [0.25, 0.3) is 11.4 Å². The molecule has 8 heteroatoms. The molecule has 1 fully saturated rings. The zero-order valence-electron chi connectivity index (χ0n) is 16.4. The number of hydrogen-bond donors (Lipinski definition) is 0. The second-order valence-corrected chi connectivity index (χ2v) is 7.81.